The second-order valence-electron chi connectivity index (χ2n) is 9.88. The Labute approximate surface area is 225 Å². The normalized spacial score (nSPS) is 17.4. The Kier molecular flexibility index (Phi) is 12.0. The van der Waals surface area contributed by atoms with Gasteiger partial charge >= 0.3 is 53.9 Å². The van der Waals surface area contributed by atoms with Crippen molar-refractivity contribution in [2.24, 2.45) is 16.7 Å². The SMILES string of the molecule is CCC(C)(CC(C)(CC(C)C(=O)O)C(=O)OCCO)C(=O)OCC(F)(F)C(F)(F)C(F)(F)C(F)(F)C(F)(F)C(F)F. The van der Waals surface area contributed by atoms with Crippen LogP contribution in [0.15, 0.2) is 0 Å². The molecule has 0 saturated heterocycles. The number of aliphatic hydroxyl groups excluding tert-OH is 1. The Hall–Kier alpha value is -2.47. The molecule has 0 saturated carbocycles. The molecule has 3 unspecified atom stereocenters. The second-order valence-corrected chi connectivity index (χ2v) is 9.88. The first-order chi connectivity index (χ1) is 18.1. The summed E-state index contributed by atoms with van der Waals surface area (Å²) in [5, 5.41) is 18.0. The van der Waals surface area contributed by atoms with Crippen LogP contribution >= 0.6 is 0 Å². The zero-order valence-corrected chi connectivity index (χ0v) is 21.9. The van der Waals surface area contributed by atoms with E-state index in [0.717, 1.165) is 27.7 Å². The maximum Gasteiger partial charge on any atom is 0.384 e. The topological polar surface area (TPSA) is 110 Å². The number of hydrogen-bond acceptors (Lipinski definition) is 6. The van der Waals surface area contributed by atoms with E-state index < -0.39 is 110 Å². The van der Waals surface area contributed by atoms with Gasteiger partial charge in [-0.15, -0.1) is 0 Å². The number of rotatable bonds is 17. The van der Waals surface area contributed by atoms with Gasteiger partial charge in [-0.2, -0.15) is 43.9 Å². The molecular formula is C22H28F12O7. The number of aliphatic hydroxyl groups is 1. The molecule has 0 aliphatic rings. The molecular weight excluding hydrogens is 604 g/mol. The highest BCUT2D eigenvalue weighted by Gasteiger charge is 2.88. The van der Waals surface area contributed by atoms with Crippen LogP contribution in [-0.4, -0.2) is 84.0 Å². The lowest BCUT2D eigenvalue weighted by Gasteiger charge is -2.39. The van der Waals surface area contributed by atoms with Crippen molar-refractivity contribution in [3.8, 4) is 0 Å². The van der Waals surface area contributed by atoms with Crippen LogP contribution in [0.5, 0.6) is 0 Å². The molecule has 0 aliphatic carbocycles. The number of carboxylic acids is 1. The van der Waals surface area contributed by atoms with Gasteiger partial charge < -0.3 is 19.7 Å². The van der Waals surface area contributed by atoms with Crippen molar-refractivity contribution < 1.29 is 86.8 Å². The molecule has 0 aliphatic heterocycles. The van der Waals surface area contributed by atoms with Crippen molar-refractivity contribution in [1.29, 1.82) is 0 Å². The monoisotopic (exact) mass is 632 g/mol. The number of carbonyl (C=O) groups is 3. The number of carbonyl (C=O) groups excluding carboxylic acids is 2. The Balaban J connectivity index is 6.23. The number of alkyl halides is 12. The van der Waals surface area contributed by atoms with Crippen LogP contribution in [0.4, 0.5) is 52.7 Å². The van der Waals surface area contributed by atoms with Crippen LogP contribution in [0.3, 0.4) is 0 Å². The number of carboxylic acid groups (broad SMARTS) is 1. The number of ether oxygens (including phenoxy) is 2. The standard InChI is InChI=1S/C22H28F12O7/c1-5-16(3,9-17(4,8-11(2)12(36)37)15(39)40-7-6-35)14(38)41-10-18(25,26)20(29,30)22(33,34)21(31,32)19(27,28)13(23)24/h11,13,35H,5-10H2,1-4H3,(H,36,37). The lowest BCUT2D eigenvalue weighted by Crippen LogP contribution is -2.69. The Morgan fingerprint density at radius 3 is 1.63 bits per heavy atom. The molecule has 0 bridgehead atoms. The summed E-state index contributed by atoms with van der Waals surface area (Å²) in [5.41, 5.74) is -4.13. The van der Waals surface area contributed by atoms with Crippen molar-refractivity contribution in [3.63, 3.8) is 0 Å². The van der Waals surface area contributed by atoms with E-state index in [-0.39, 0.29) is 0 Å². The molecule has 0 heterocycles. The average molecular weight is 632 g/mol. The molecule has 19 heteroatoms. The van der Waals surface area contributed by atoms with Gasteiger partial charge in [0.15, 0.2) is 6.61 Å². The zero-order chi connectivity index (χ0) is 33.0. The van der Waals surface area contributed by atoms with Gasteiger partial charge in [-0.05, 0) is 33.1 Å². The number of aliphatic carboxylic acids is 1. The Bertz CT molecular complexity index is 944. The van der Waals surface area contributed by atoms with E-state index in [9.17, 15) is 72.2 Å². The fourth-order valence-corrected chi connectivity index (χ4v) is 3.70. The quantitative estimate of drug-likeness (QED) is 0.163. The predicted octanol–water partition coefficient (Wildman–Crippen LogP) is 5.43. The fourth-order valence-electron chi connectivity index (χ4n) is 3.70. The Morgan fingerprint density at radius 1 is 0.780 bits per heavy atom. The van der Waals surface area contributed by atoms with Gasteiger partial charge in [0.05, 0.1) is 23.4 Å². The molecule has 0 amide bonds. The molecule has 0 spiro atoms. The molecule has 2 N–H and O–H groups in total. The predicted molar refractivity (Wildman–Crippen MR) is 112 cm³/mol. The molecule has 0 fully saturated rings. The summed E-state index contributed by atoms with van der Waals surface area (Å²) in [6.07, 6.45) is -7.54. The van der Waals surface area contributed by atoms with E-state index in [2.05, 4.69) is 4.74 Å². The van der Waals surface area contributed by atoms with Gasteiger partial charge in [-0.1, -0.05) is 13.8 Å². The van der Waals surface area contributed by atoms with E-state index in [4.69, 9.17) is 9.84 Å². The van der Waals surface area contributed by atoms with Gasteiger partial charge in [-0.3, -0.25) is 14.4 Å². The van der Waals surface area contributed by atoms with Crippen LogP contribution < -0.4 is 0 Å². The lowest BCUT2D eigenvalue weighted by atomic mass is 9.68. The first kappa shape index (κ1) is 38.5. The van der Waals surface area contributed by atoms with E-state index in [0.29, 0.717) is 0 Å². The van der Waals surface area contributed by atoms with Crippen LogP contribution in [-0.2, 0) is 23.9 Å². The third-order valence-corrected chi connectivity index (χ3v) is 6.37. The summed E-state index contributed by atoms with van der Waals surface area (Å²) >= 11 is 0. The van der Waals surface area contributed by atoms with Gasteiger partial charge in [0.2, 0.25) is 0 Å². The van der Waals surface area contributed by atoms with Crippen molar-refractivity contribution in [2.45, 2.75) is 83.0 Å². The number of esters is 2. The van der Waals surface area contributed by atoms with Gasteiger partial charge in [0.1, 0.15) is 6.61 Å². The first-order valence-electron chi connectivity index (χ1n) is 11.5. The smallest absolute Gasteiger partial charge is 0.384 e. The molecule has 0 radical (unpaired) electrons. The minimum absolute atomic E-state index is 0.479. The minimum Gasteiger partial charge on any atom is -0.481 e. The molecule has 7 nitrogen and oxygen atoms in total. The summed E-state index contributed by atoms with van der Waals surface area (Å²) in [6.45, 7) is -0.194. The van der Waals surface area contributed by atoms with E-state index in [1.54, 1.807) is 0 Å². The van der Waals surface area contributed by atoms with Gasteiger partial charge in [-0.25, -0.2) is 8.78 Å². The molecule has 0 aromatic carbocycles. The maximum absolute atomic E-state index is 14.1. The van der Waals surface area contributed by atoms with Crippen molar-refractivity contribution in [2.75, 3.05) is 19.8 Å². The highest BCUT2D eigenvalue weighted by Crippen LogP contribution is 2.58. The summed E-state index contributed by atoms with van der Waals surface area (Å²) in [6, 6.07) is 0. The highest BCUT2D eigenvalue weighted by molar-refractivity contribution is 5.81. The zero-order valence-electron chi connectivity index (χ0n) is 21.9. The largest absolute Gasteiger partial charge is 0.481 e. The lowest BCUT2D eigenvalue weighted by molar-refractivity contribution is -0.414. The van der Waals surface area contributed by atoms with E-state index >= 15 is 0 Å². The number of halogens is 12. The average Bonchev–Trinajstić information content (AvgIpc) is 2.84. The summed E-state index contributed by atoms with van der Waals surface area (Å²) in [4.78, 5) is 36.5. The minimum atomic E-state index is -7.80. The van der Waals surface area contributed by atoms with Crippen LogP contribution in [0.25, 0.3) is 0 Å². The third-order valence-electron chi connectivity index (χ3n) is 6.37. The second kappa shape index (κ2) is 12.8. The molecule has 41 heavy (non-hydrogen) atoms. The van der Waals surface area contributed by atoms with Crippen molar-refractivity contribution in [3.05, 3.63) is 0 Å². The fraction of sp³-hybridized carbons (Fsp3) is 0.864. The van der Waals surface area contributed by atoms with Crippen LogP contribution in [0, 0.1) is 16.7 Å². The molecule has 3 atom stereocenters. The highest BCUT2D eigenvalue weighted by atomic mass is 19.4. The van der Waals surface area contributed by atoms with Gasteiger partial charge in [0.25, 0.3) is 0 Å². The van der Waals surface area contributed by atoms with Gasteiger partial charge in [0, 0.05) is 0 Å². The first-order valence-corrected chi connectivity index (χ1v) is 11.5. The molecule has 0 rings (SSSR count). The van der Waals surface area contributed by atoms with Crippen molar-refractivity contribution >= 4 is 17.9 Å². The maximum atomic E-state index is 14.1. The van der Waals surface area contributed by atoms with E-state index in [1.165, 1.54) is 0 Å². The molecule has 242 valence electrons. The van der Waals surface area contributed by atoms with E-state index in [1.807, 2.05) is 0 Å². The third kappa shape index (κ3) is 7.49. The number of hydrogen-bond donors (Lipinski definition) is 2. The Morgan fingerprint density at radius 2 is 1.24 bits per heavy atom. The summed E-state index contributed by atoms with van der Waals surface area (Å²) in [5.74, 6) is -42.6. The summed E-state index contributed by atoms with van der Waals surface area (Å²) < 4.78 is 169. The summed E-state index contributed by atoms with van der Waals surface area (Å²) in [7, 11) is 0. The molecule has 0 aromatic heterocycles. The van der Waals surface area contributed by atoms with Crippen LogP contribution in [0.2, 0.25) is 0 Å². The van der Waals surface area contributed by atoms with Crippen LogP contribution in [0.1, 0.15) is 47.0 Å². The molecule has 0 aromatic rings. The van der Waals surface area contributed by atoms with Crippen molar-refractivity contribution in [1.82, 2.24) is 0 Å².